The molecule has 116 valence electrons. The van der Waals surface area contributed by atoms with Crippen molar-refractivity contribution in [1.29, 1.82) is 0 Å². The molecular weight excluding hydrogens is 284 g/mol. The summed E-state index contributed by atoms with van der Waals surface area (Å²) >= 11 is 0. The Morgan fingerprint density at radius 1 is 1.05 bits per heavy atom. The normalized spacial score (nSPS) is 10.3. The smallest absolute Gasteiger partial charge is 0.188 e. The second kappa shape index (κ2) is 7.47. The highest BCUT2D eigenvalue weighted by molar-refractivity contribution is 6.00. The van der Waals surface area contributed by atoms with Crippen LogP contribution in [0.15, 0.2) is 42.5 Å². The van der Waals surface area contributed by atoms with Gasteiger partial charge in [0.05, 0.1) is 12.7 Å². The number of hydrogen-bond acceptors (Lipinski definition) is 5. The number of phenolic OH excluding ortho intramolecular Hbond substituents is 1. The first kappa shape index (κ1) is 15.9. The number of ketones is 1. The summed E-state index contributed by atoms with van der Waals surface area (Å²) in [4.78, 5) is 12.3. The number of aromatic hydroxyl groups is 1. The molecule has 0 radical (unpaired) electrons. The van der Waals surface area contributed by atoms with Gasteiger partial charge in [0.2, 0.25) is 0 Å². The van der Waals surface area contributed by atoms with E-state index >= 15 is 0 Å². The maximum Gasteiger partial charge on any atom is 0.188 e. The predicted molar refractivity (Wildman–Crippen MR) is 81.6 cm³/mol. The lowest BCUT2D eigenvalue weighted by atomic mass is 10.0. The van der Waals surface area contributed by atoms with E-state index in [0.717, 1.165) is 11.3 Å². The Morgan fingerprint density at radius 3 is 2.32 bits per heavy atom. The van der Waals surface area contributed by atoms with Gasteiger partial charge in [-0.05, 0) is 29.8 Å². The molecule has 0 amide bonds. The predicted octanol–water partition coefficient (Wildman–Crippen LogP) is 2.81. The van der Waals surface area contributed by atoms with Crippen LogP contribution in [-0.2, 0) is 11.2 Å². The van der Waals surface area contributed by atoms with Crippen LogP contribution in [0, 0.1) is 0 Å². The number of carbonyl (C=O) groups excluding carboxylic acids is 1. The summed E-state index contributed by atoms with van der Waals surface area (Å²) in [6.07, 6.45) is 0.204. The molecule has 0 aliphatic heterocycles. The molecule has 0 fully saturated rings. The SMILES string of the molecule is COCOc1ccc(C(=O)Cc2ccc(OC)cc2)c(O)c1. The Balaban J connectivity index is 2.08. The summed E-state index contributed by atoms with van der Waals surface area (Å²) in [6, 6.07) is 11.8. The quantitative estimate of drug-likeness (QED) is 0.629. The molecule has 5 nitrogen and oxygen atoms in total. The molecule has 1 N–H and O–H groups in total. The first-order valence-corrected chi connectivity index (χ1v) is 6.75. The van der Waals surface area contributed by atoms with Crippen LogP contribution in [0.25, 0.3) is 0 Å². The molecule has 0 saturated heterocycles. The van der Waals surface area contributed by atoms with Crippen LogP contribution in [0.5, 0.6) is 17.2 Å². The van der Waals surface area contributed by atoms with Crippen molar-refractivity contribution in [3.05, 3.63) is 53.6 Å². The first-order chi connectivity index (χ1) is 10.6. The Hall–Kier alpha value is -2.53. The van der Waals surface area contributed by atoms with Gasteiger partial charge >= 0.3 is 0 Å². The van der Waals surface area contributed by atoms with Gasteiger partial charge in [0, 0.05) is 19.6 Å². The minimum absolute atomic E-state index is 0.0819. The van der Waals surface area contributed by atoms with E-state index < -0.39 is 0 Å². The molecule has 0 aliphatic rings. The zero-order valence-electron chi connectivity index (χ0n) is 12.5. The molecule has 0 atom stereocenters. The third-order valence-electron chi connectivity index (χ3n) is 3.14. The summed E-state index contributed by atoms with van der Waals surface area (Å²) in [5, 5.41) is 9.96. The van der Waals surface area contributed by atoms with E-state index in [1.165, 1.54) is 13.2 Å². The third kappa shape index (κ3) is 3.99. The number of benzene rings is 2. The zero-order valence-corrected chi connectivity index (χ0v) is 12.5. The molecule has 0 saturated carbocycles. The van der Waals surface area contributed by atoms with Crippen molar-refractivity contribution in [2.75, 3.05) is 21.0 Å². The molecule has 5 heteroatoms. The molecule has 0 aliphatic carbocycles. The number of carbonyl (C=O) groups is 1. The van der Waals surface area contributed by atoms with Gasteiger partial charge in [-0.25, -0.2) is 0 Å². The van der Waals surface area contributed by atoms with Crippen molar-refractivity contribution in [3.63, 3.8) is 0 Å². The number of Topliss-reactive ketones (excluding diaryl/α,β-unsaturated/α-hetero) is 1. The summed E-state index contributed by atoms with van der Waals surface area (Å²) in [5.41, 5.74) is 1.12. The zero-order chi connectivity index (χ0) is 15.9. The molecule has 2 aromatic rings. The third-order valence-corrected chi connectivity index (χ3v) is 3.14. The van der Waals surface area contributed by atoms with Crippen molar-refractivity contribution < 1.29 is 24.1 Å². The van der Waals surface area contributed by atoms with Crippen LogP contribution in [0.3, 0.4) is 0 Å². The largest absolute Gasteiger partial charge is 0.507 e. The van der Waals surface area contributed by atoms with Crippen molar-refractivity contribution in [2.45, 2.75) is 6.42 Å². The van der Waals surface area contributed by atoms with Gasteiger partial charge in [-0.15, -0.1) is 0 Å². The van der Waals surface area contributed by atoms with Crippen molar-refractivity contribution in [3.8, 4) is 17.2 Å². The molecule has 22 heavy (non-hydrogen) atoms. The Kier molecular flexibility index (Phi) is 5.38. The van der Waals surface area contributed by atoms with Gasteiger partial charge in [0.1, 0.15) is 17.2 Å². The summed E-state index contributed by atoms with van der Waals surface area (Å²) in [6.45, 7) is 0.0819. The lowest BCUT2D eigenvalue weighted by Gasteiger charge is -2.08. The fourth-order valence-corrected chi connectivity index (χ4v) is 1.99. The molecule has 0 spiro atoms. The number of methoxy groups -OCH3 is 2. The van der Waals surface area contributed by atoms with Crippen LogP contribution in [0.1, 0.15) is 15.9 Å². The highest BCUT2D eigenvalue weighted by Gasteiger charge is 2.13. The van der Waals surface area contributed by atoms with Crippen molar-refractivity contribution >= 4 is 5.78 Å². The lowest BCUT2D eigenvalue weighted by molar-refractivity contribution is 0.0510. The summed E-state index contributed by atoms with van der Waals surface area (Å²) in [7, 11) is 3.10. The van der Waals surface area contributed by atoms with Gasteiger partial charge in [0.25, 0.3) is 0 Å². The van der Waals surface area contributed by atoms with Gasteiger partial charge in [-0.3, -0.25) is 4.79 Å². The standard InChI is InChI=1S/C17H18O5/c1-20-11-22-14-7-8-15(17(19)10-14)16(18)9-12-3-5-13(21-2)6-4-12/h3-8,10,19H,9,11H2,1-2H3. The molecule has 0 heterocycles. The van der Waals surface area contributed by atoms with Gasteiger partial charge < -0.3 is 19.3 Å². The molecule has 0 aromatic heterocycles. The van der Waals surface area contributed by atoms with E-state index in [-0.39, 0.29) is 30.3 Å². The second-order valence-corrected chi connectivity index (χ2v) is 4.68. The number of phenols is 1. The molecule has 2 rings (SSSR count). The number of ether oxygens (including phenoxy) is 3. The Morgan fingerprint density at radius 2 is 1.73 bits per heavy atom. The molecule has 0 bridgehead atoms. The van der Waals surface area contributed by atoms with Gasteiger partial charge in [0.15, 0.2) is 12.6 Å². The number of hydrogen-bond donors (Lipinski definition) is 1. The summed E-state index contributed by atoms with van der Waals surface area (Å²) < 4.78 is 15.1. The maximum atomic E-state index is 12.3. The summed E-state index contributed by atoms with van der Waals surface area (Å²) in [5.74, 6) is 0.909. The monoisotopic (exact) mass is 302 g/mol. The van der Waals surface area contributed by atoms with Crippen LogP contribution >= 0.6 is 0 Å². The highest BCUT2D eigenvalue weighted by atomic mass is 16.7. The van der Waals surface area contributed by atoms with Crippen LogP contribution in [-0.4, -0.2) is 31.9 Å². The van der Waals surface area contributed by atoms with Crippen molar-refractivity contribution in [1.82, 2.24) is 0 Å². The topological polar surface area (TPSA) is 65.0 Å². The van der Waals surface area contributed by atoms with E-state index in [2.05, 4.69) is 0 Å². The van der Waals surface area contributed by atoms with Crippen LogP contribution in [0.4, 0.5) is 0 Å². The van der Waals surface area contributed by atoms with Crippen molar-refractivity contribution in [2.24, 2.45) is 0 Å². The Bertz CT molecular complexity index is 634. The average molecular weight is 302 g/mol. The van der Waals surface area contributed by atoms with E-state index in [4.69, 9.17) is 14.2 Å². The van der Waals surface area contributed by atoms with E-state index in [9.17, 15) is 9.90 Å². The van der Waals surface area contributed by atoms with E-state index in [1.807, 2.05) is 12.1 Å². The minimum atomic E-state index is -0.166. The Labute approximate surface area is 129 Å². The first-order valence-electron chi connectivity index (χ1n) is 6.75. The number of rotatable bonds is 7. The minimum Gasteiger partial charge on any atom is -0.507 e. The van der Waals surface area contributed by atoms with Crippen LogP contribution in [0.2, 0.25) is 0 Å². The van der Waals surface area contributed by atoms with Gasteiger partial charge in [-0.1, -0.05) is 12.1 Å². The fraction of sp³-hybridized carbons (Fsp3) is 0.235. The molecular formula is C17H18O5. The van der Waals surface area contributed by atoms with Gasteiger partial charge in [-0.2, -0.15) is 0 Å². The average Bonchev–Trinajstić information content (AvgIpc) is 2.53. The van der Waals surface area contributed by atoms with E-state index in [1.54, 1.807) is 31.4 Å². The fourth-order valence-electron chi connectivity index (χ4n) is 1.99. The maximum absolute atomic E-state index is 12.3. The second-order valence-electron chi connectivity index (χ2n) is 4.68. The highest BCUT2D eigenvalue weighted by Crippen LogP contribution is 2.25. The van der Waals surface area contributed by atoms with Crippen LogP contribution < -0.4 is 9.47 Å². The lowest BCUT2D eigenvalue weighted by Crippen LogP contribution is -2.05. The van der Waals surface area contributed by atoms with E-state index in [0.29, 0.717) is 5.75 Å². The molecule has 2 aromatic carbocycles. The molecule has 0 unspecified atom stereocenters.